The molecule has 0 aromatic carbocycles. The van der Waals surface area contributed by atoms with Crippen molar-refractivity contribution in [1.82, 2.24) is 5.32 Å². The fourth-order valence-corrected chi connectivity index (χ4v) is 2.08. The fourth-order valence-electron chi connectivity index (χ4n) is 2.08. The van der Waals surface area contributed by atoms with E-state index in [4.69, 9.17) is 5.73 Å². The van der Waals surface area contributed by atoms with Crippen LogP contribution in [0, 0.1) is 0 Å². The smallest absolute Gasteiger partial charge is 0.221 e. The van der Waals surface area contributed by atoms with Gasteiger partial charge in [0, 0.05) is 18.5 Å². The van der Waals surface area contributed by atoms with Gasteiger partial charge in [-0.25, -0.2) is 0 Å². The van der Waals surface area contributed by atoms with Crippen molar-refractivity contribution in [2.75, 3.05) is 6.54 Å². The Morgan fingerprint density at radius 1 is 1.36 bits per heavy atom. The maximum atomic E-state index is 11.5. The summed E-state index contributed by atoms with van der Waals surface area (Å²) < 4.78 is 0. The zero-order chi connectivity index (χ0) is 10.4. The van der Waals surface area contributed by atoms with Crippen molar-refractivity contribution in [2.45, 2.75) is 57.4 Å². The van der Waals surface area contributed by atoms with Crippen LogP contribution in [-0.2, 0) is 4.79 Å². The Kier molecular flexibility index (Phi) is 4.39. The summed E-state index contributed by atoms with van der Waals surface area (Å²) in [5.41, 5.74) is 5.96. The lowest BCUT2D eigenvalue weighted by molar-refractivity contribution is -0.122. The van der Waals surface area contributed by atoms with Crippen LogP contribution in [0.2, 0.25) is 0 Å². The highest BCUT2D eigenvalue weighted by atomic mass is 16.1. The van der Waals surface area contributed by atoms with Gasteiger partial charge in [0.1, 0.15) is 0 Å². The predicted octanol–water partition coefficient (Wildman–Crippen LogP) is 1.56. The van der Waals surface area contributed by atoms with Crippen LogP contribution >= 0.6 is 0 Å². The Morgan fingerprint density at radius 3 is 2.57 bits per heavy atom. The van der Waals surface area contributed by atoms with E-state index in [1.54, 1.807) is 0 Å². The zero-order valence-corrected chi connectivity index (χ0v) is 9.14. The number of nitrogens with two attached hydrogens (primary N) is 1. The lowest BCUT2D eigenvalue weighted by Crippen LogP contribution is -2.46. The van der Waals surface area contributed by atoms with Crippen LogP contribution in [0.15, 0.2) is 0 Å². The summed E-state index contributed by atoms with van der Waals surface area (Å²) in [6.45, 7) is 2.83. The maximum Gasteiger partial charge on any atom is 0.221 e. The van der Waals surface area contributed by atoms with E-state index in [-0.39, 0.29) is 11.4 Å². The molecular weight excluding hydrogens is 176 g/mol. The molecule has 0 unspecified atom stereocenters. The first kappa shape index (κ1) is 11.5. The van der Waals surface area contributed by atoms with E-state index in [2.05, 4.69) is 12.2 Å². The van der Waals surface area contributed by atoms with Crippen LogP contribution in [0.5, 0.6) is 0 Å². The van der Waals surface area contributed by atoms with E-state index in [0.717, 1.165) is 25.8 Å². The summed E-state index contributed by atoms with van der Waals surface area (Å²) in [6.07, 6.45) is 7.14. The molecule has 1 aliphatic rings. The van der Waals surface area contributed by atoms with Gasteiger partial charge in [-0.2, -0.15) is 0 Å². The summed E-state index contributed by atoms with van der Waals surface area (Å²) in [5, 5.41) is 2.89. The van der Waals surface area contributed by atoms with Gasteiger partial charge < -0.3 is 11.1 Å². The minimum Gasteiger partial charge on any atom is -0.356 e. The number of nitrogens with one attached hydrogen (secondary N) is 1. The zero-order valence-electron chi connectivity index (χ0n) is 9.14. The molecule has 1 amide bonds. The van der Waals surface area contributed by atoms with Gasteiger partial charge >= 0.3 is 0 Å². The molecule has 0 aromatic rings. The molecule has 0 bridgehead atoms. The minimum atomic E-state index is -0.212. The van der Waals surface area contributed by atoms with E-state index in [9.17, 15) is 4.79 Å². The molecule has 1 aliphatic carbocycles. The Bertz CT molecular complexity index is 186. The average molecular weight is 198 g/mol. The molecule has 0 aromatic heterocycles. The van der Waals surface area contributed by atoms with Crippen molar-refractivity contribution in [1.29, 1.82) is 0 Å². The molecule has 3 N–H and O–H groups in total. The maximum absolute atomic E-state index is 11.5. The van der Waals surface area contributed by atoms with Gasteiger partial charge in [-0.1, -0.05) is 26.2 Å². The molecule has 14 heavy (non-hydrogen) atoms. The van der Waals surface area contributed by atoms with E-state index in [0.29, 0.717) is 6.42 Å². The molecular formula is C11H22N2O. The molecule has 0 spiro atoms. The van der Waals surface area contributed by atoms with Gasteiger partial charge in [-0.05, 0) is 19.3 Å². The topological polar surface area (TPSA) is 55.1 Å². The largest absolute Gasteiger partial charge is 0.356 e. The third kappa shape index (κ3) is 3.66. The van der Waals surface area contributed by atoms with Gasteiger partial charge in [-0.3, -0.25) is 4.79 Å². The summed E-state index contributed by atoms with van der Waals surface area (Å²) in [5.74, 6) is 0.122. The molecule has 82 valence electrons. The van der Waals surface area contributed by atoms with E-state index >= 15 is 0 Å². The first-order valence-electron chi connectivity index (χ1n) is 5.72. The number of rotatable bonds is 4. The van der Waals surface area contributed by atoms with Gasteiger partial charge in [0.05, 0.1) is 0 Å². The van der Waals surface area contributed by atoms with Crippen molar-refractivity contribution in [3.8, 4) is 0 Å². The molecule has 0 aliphatic heterocycles. The van der Waals surface area contributed by atoms with Gasteiger partial charge in [0.15, 0.2) is 0 Å². The number of carbonyl (C=O) groups is 1. The molecule has 1 rings (SSSR count). The average Bonchev–Trinajstić information content (AvgIpc) is 2.15. The molecule has 0 saturated heterocycles. The second-order valence-corrected chi connectivity index (χ2v) is 4.45. The molecule has 1 fully saturated rings. The highest BCUT2D eigenvalue weighted by molar-refractivity contribution is 5.77. The minimum absolute atomic E-state index is 0.122. The van der Waals surface area contributed by atoms with Crippen LogP contribution in [0.25, 0.3) is 0 Å². The highest BCUT2D eigenvalue weighted by Crippen LogP contribution is 2.28. The molecule has 0 radical (unpaired) electrons. The lowest BCUT2D eigenvalue weighted by atomic mass is 9.80. The monoisotopic (exact) mass is 198 g/mol. The SMILES string of the molecule is CCCNC(=O)CC1(N)CCCCC1. The van der Waals surface area contributed by atoms with Gasteiger partial charge in [0.2, 0.25) is 5.91 Å². The van der Waals surface area contributed by atoms with Crippen LogP contribution in [0.1, 0.15) is 51.9 Å². The molecule has 0 atom stereocenters. The molecule has 3 heteroatoms. The molecule has 1 saturated carbocycles. The highest BCUT2D eigenvalue weighted by Gasteiger charge is 2.29. The quantitative estimate of drug-likeness (QED) is 0.720. The molecule has 0 heterocycles. The van der Waals surface area contributed by atoms with Crippen molar-refractivity contribution >= 4 is 5.91 Å². The van der Waals surface area contributed by atoms with Crippen LogP contribution in [0.3, 0.4) is 0 Å². The van der Waals surface area contributed by atoms with Crippen LogP contribution < -0.4 is 11.1 Å². The number of hydrogen-bond acceptors (Lipinski definition) is 2. The van der Waals surface area contributed by atoms with E-state index < -0.39 is 0 Å². The Balaban J connectivity index is 2.29. The lowest BCUT2D eigenvalue weighted by Gasteiger charge is -2.32. The standard InChI is InChI=1S/C11H22N2O/c1-2-8-13-10(14)9-11(12)6-4-3-5-7-11/h2-9,12H2,1H3,(H,13,14). The fraction of sp³-hybridized carbons (Fsp3) is 0.909. The summed E-state index contributed by atoms with van der Waals surface area (Å²) in [6, 6.07) is 0. The Labute approximate surface area is 86.4 Å². The van der Waals surface area contributed by atoms with Gasteiger partial charge in [-0.15, -0.1) is 0 Å². The first-order valence-corrected chi connectivity index (χ1v) is 5.72. The van der Waals surface area contributed by atoms with Crippen molar-refractivity contribution in [2.24, 2.45) is 5.73 Å². The summed E-state index contributed by atoms with van der Waals surface area (Å²) >= 11 is 0. The van der Waals surface area contributed by atoms with Crippen molar-refractivity contribution in [3.05, 3.63) is 0 Å². The molecule has 3 nitrogen and oxygen atoms in total. The van der Waals surface area contributed by atoms with Crippen molar-refractivity contribution < 1.29 is 4.79 Å². The predicted molar refractivity (Wildman–Crippen MR) is 57.9 cm³/mol. The van der Waals surface area contributed by atoms with E-state index in [1.807, 2.05) is 0 Å². The second kappa shape index (κ2) is 5.35. The first-order chi connectivity index (χ1) is 6.66. The number of hydrogen-bond donors (Lipinski definition) is 2. The van der Waals surface area contributed by atoms with Crippen LogP contribution in [0.4, 0.5) is 0 Å². The normalized spacial score (nSPS) is 20.4. The number of carbonyl (C=O) groups excluding carboxylic acids is 1. The third-order valence-corrected chi connectivity index (χ3v) is 2.93. The van der Waals surface area contributed by atoms with Crippen molar-refractivity contribution in [3.63, 3.8) is 0 Å². The van der Waals surface area contributed by atoms with Gasteiger partial charge in [0.25, 0.3) is 0 Å². The third-order valence-electron chi connectivity index (χ3n) is 2.93. The summed E-state index contributed by atoms with van der Waals surface area (Å²) in [7, 11) is 0. The second-order valence-electron chi connectivity index (χ2n) is 4.45. The Hall–Kier alpha value is -0.570. The summed E-state index contributed by atoms with van der Waals surface area (Å²) in [4.78, 5) is 11.5. The number of amides is 1. The van der Waals surface area contributed by atoms with Crippen LogP contribution in [-0.4, -0.2) is 18.0 Å². The van der Waals surface area contributed by atoms with E-state index in [1.165, 1.54) is 19.3 Å². The Morgan fingerprint density at radius 2 is 2.00 bits per heavy atom.